The summed E-state index contributed by atoms with van der Waals surface area (Å²) in [5.41, 5.74) is 1.68. The molecule has 1 saturated heterocycles. The van der Waals surface area contributed by atoms with E-state index in [4.69, 9.17) is 9.47 Å². The molecular formula is C14H19NO3. The zero-order valence-electron chi connectivity index (χ0n) is 11.0. The van der Waals surface area contributed by atoms with Crippen LogP contribution >= 0.6 is 0 Å². The minimum Gasteiger partial charge on any atom is -0.468 e. The molecule has 98 valence electrons. The highest BCUT2D eigenvalue weighted by Crippen LogP contribution is 2.42. The molecule has 2 rings (SSSR count). The summed E-state index contributed by atoms with van der Waals surface area (Å²) in [6.45, 7) is 2.85. The van der Waals surface area contributed by atoms with E-state index in [1.165, 1.54) is 7.11 Å². The van der Waals surface area contributed by atoms with E-state index in [9.17, 15) is 4.79 Å². The highest BCUT2D eigenvalue weighted by atomic mass is 16.5. The molecule has 0 aliphatic carbocycles. The van der Waals surface area contributed by atoms with Crippen LogP contribution in [0.2, 0.25) is 0 Å². The molecule has 1 aromatic rings. The van der Waals surface area contributed by atoms with Crippen LogP contribution in [0, 0.1) is 12.3 Å². The van der Waals surface area contributed by atoms with Gasteiger partial charge in [0.1, 0.15) is 5.41 Å². The quantitative estimate of drug-likeness (QED) is 0.820. The first-order valence-corrected chi connectivity index (χ1v) is 6.04. The van der Waals surface area contributed by atoms with E-state index in [2.05, 4.69) is 5.32 Å². The average Bonchev–Trinajstić information content (AvgIpc) is 2.34. The maximum Gasteiger partial charge on any atom is 0.318 e. The number of carbonyl (C=O) groups is 1. The molecule has 4 heteroatoms. The minimum absolute atomic E-state index is 0.0834. The van der Waals surface area contributed by atoms with Gasteiger partial charge in [-0.05, 0) is 25.1 Å². The zero-order valence-corrected chi connectivity index (χ0v) is 11.0. The average molecular weight is 249 g/mol. The van der Waals surface area contributed by atoms with Crippen LogP contribution in [0.3, 0.4) is 0 Å². The predicted octanol–water partition coefficient (Wildman–Crippen LogP) is 1.45. The van der Waals surface area contributed by atoms with Crippen molar-refractivity contribution in [3.05, 3.63) is 35.4 Å². The lowest BCUT2D eigenvalue weighted by Gasteiger charge is -2.44. The summed E-state index contributed by atoms with van der Waals surface area (Å²) in [7, 11) is 3.28. The number of carbonyl (C=O) groups excluding carboxylic acids is 1. The molecule has 4 nitrogen and oxygen atoms in total. The van der Waals surface area contributed by atoms with Crippen LogP contribution in [-0.2, 0) is 14.3 Å². The molecule has 1 heterocycles. The molecule has 0 bridgehead atoms. The second-order valence-electron chi connectivity index (χ2n) is 4.72. The number of esters is 1. The minimum atomic E-state index is -0.602. The number of ether oxygens (including phenoxy) is 2. The number of benzene rings is 1. The van der Waals surface area contributed by atoms with E-state index in [1.807, 2.05) is 38.2 Å². The van der Waals surface area contributed by atoms with Gasteiger partial charge in [0.05, 0.1) is 26.4 Å². The van der Waals surface area contributed by atoms with Crippen LogP contribution in [0.1, 0.15) is 17.2 Å². The van der Waals surface area contributed by atoms with E-state index in [0.717, 1.165) is 11.1 Å². The fourth-order valence-electron chi connectivity index (χ4n) is 2.57. The van der Waals surface area contributed by atoms with Gasteiger partial charge in [-0.2, -0.15) is 0 Å². The summed E-state index contributed by atoms with van der Waals surface area (Å²) in [6.07, 6.45) is 0. The van der Waals surface area contributed by atoms with Gasteiger partial charge in [0, 0.05) is 0 Å². The molecule has 0 radical (unpaired) electrons. The van der Waals surface area contributed by atoms with Crippen molar-refractivity contribution in [2.75, 3.05) is 27.4 Å². The van der Waals surface area contributed by atoms with E-state index in [1.54, 1.807) is 0 Å². The number of methoxy groups -OCH3 is 1. The summed E-state index contributed by atoms with van der Waals surface area (Å²) >= 11 is 0. The van der Waals surface area contributed by atoms with Crippen LogP contribution in [0.15, 0.2) is 24.3 Å². The monoisotopic (exact) mass is 249 g/mol. The van der Waals surface area contributed by atoms with Gasteiger partial charge in [-0.15, -0.1) is 0 Å². The first-order chi connectivity index (χ1) is 8.65. The van der Waals surface area contributed by atoms with Crippen molar-refractivity contribution in [3.8, 4) is 0 Å². The molecule has 0 saturated carbocycles. The summed E-state index contributed by atoms with van der Waals surface area (Å²) in [6, 6.07) is 7.98. The third-order valence-electron chi connectivity index (χ3n) is 3.65. The van der Waals surface area contributed by atoms with Crippen LogP contribution < -0.4 is 5.32 Å². The Morgan fingerprint density at radius 1 is 1.44 bits per heavy atom. The van der Waals surface area contributed by atoms with Crippen LogP contribution in [0.4, 0.5) is 0 Å². The maximum absolute atomic E-state index is 12.1. The van der Waals surface area contributed by atoms with Gasteiger partial charge in [0.15, 0.2) is 0 Å². The predicted molar refractivity (Wildman–Crippen MR) is 68.2 cm³/mol. The standard InChI is InChI=1S/C14H19NO3/c1-10-6-4-5-7-11(10)12(15-2)14(8-18-9-14)13(16)17-3/h4-7,12,15H,8-9H2,1-3H3. The van der Waals surface area contributed by atoms with Crippen molar-refractivity contribution in [2.45, 2.75) is 13.0 Å². The van der Waals surface area contributed by atoms with Crippen molar-refractivity contribution >= 4 is 5.97 Å². The molecule has 1 aliphatic heterocycles. The Bertz CT molecular complexity index is 440. The Labute approximate surface area is 107 Å². The van der Waals surface area contributed by atoms with Crippen molar-refractivity contribution in [1.29, 1.82) is 0 Å². The molecule has 18 heavy (non-hydrogen) atoms. The Hall–Kier alpha value is -1.39. The van der Waals surface area contributed by atoms with Crippen molar-refractivity contribution in [3.63, 3.8) is 0 Å². The van der Waals surface area contributed by atoms with Gasteiger partial charge < -0.3 is 14.8 Å². The van der Waals surface area contributed by atoms with Gasteiger partial charge in [0.2, 0.25) is 0 Å². The lowest BCUT2D eigenvalue weighted by Crippen LogP contribution is -2.57. The smallest absolute Gasteiger partial charge is 0.318 e. The van der Waals surface area contributed by atoms with E-state index < -0.39 is 5.41 Å². The lowest BCUT2D eigenvalue weighted by atomic mass is 9.74. The molecule has 1 N–H and O–H groups in total. The third kappa shape index (κ3) is 1.91. The number of hydrogen-bond acceptors (Lipinski definition) is 4. The van der Waals surface area contributed by atoms with Gasteiger partial charge in [0.25, 0.3) is 0 Å². The second-order valence-corrected chi connectivity index (χ2v) is 4.72. The molecule has 1 atom stereocenters. The fourth-order valence-corrected chi connectivity index (χ4v) is 2.57. The maximum atomic E-state index is 12.1. The first kappa shape index (κ1) is 13.1. The van der Waals surface area contributed by atoms with Gasteiger partial charge in [-0.3, -0.25) is 4.79 Å². The van der Waals surface area contributed by atoms with Gasteiger partial charge in [-0.25, -0.2) is 0 Å². The summed E-state index contributed by atoms with van der Waals surface area (Å²) in [5.74, 6) is -0.212. The molecule has 1 unspecified atom stereocenters. The highest BCUT2D eigenvalue weighted by molar-refractivity contribution is 5.79. The third-order valence-corrected chi connectivity index (χ3v) is 3.65. The number of hydrogen-bond donors (Lipinski definition) is 1. The van der Waals surface area contributed by atoms with Crippen molar-refractivity contribution in [2.24, 2.45) is 5.41 Å². The Balaban J connectivity index is 2.39. The molecular weight excluding hydrogens is 230 g/mol. The first-order valence-electron chi connectivity index (χ1n) is 6.04. The highest BCUT2D eigenvalue weighted by Gasteiger charge is 2.53. The van der Waals surface area contributed by atoms with Gasteiger partial charge in [-0.1, -0.05) is 24.3 Å². The van der Waals surface area contributed by atoms with E-state index >= 15 is 0 Å². The molecule has 0 amide bonds. The van der Waals surface area contributed by atoms with Crippen LogP contribution in [0.5, 0.6) is 0 Å². The summed E-state index contributed by atoms with van der Waals surface area (Å²) in [5, 5.41) is 3.24. The number of aryl methyl sites for hydroxylation is 1. The lowest BCUT2D eigenvalue weighted by molar-refractivity contribution is -0.190. The molecule has 0 aromatic heterocycles. The normalized spacial score (nSPS) is 18.8. The second kappa shape index (κ2) is 5.08. The summed E-state index contributed by atoms with van der Waals surface area (Å²) in [4.78, 5) is 12.1. The number of rotatable bonds is 4. The Morgan fingerprint density at radius 3 is 2.56 bits per heavy atom. The topological polar surface area (TPSA) is 47.6 Å². The molecule has 1 aliphatic rings. The zero-order chi connectivity index (χ0) is 13.2. The number of nitrogens with one attached hydrogen (secondary N) is 1. The Morgan fingerprint density at radius 2 is 2.11 bits per heavy atom. The molecule has 1 aromatic carbocycles. The largest absolute Gasteiger partial charge is 0.468 e. The van der Waals surface area contributed by atoms with Gasteiger partial charge >= 0.3 is 5.97 Å². The molecule has 0 spiro atoms. The van der Waals surface area contributed by atoms with Crippen LogP contribution in [0.25, 0.3) is 0 Å². The van der Waals surface area contributed by atoms with E-state index in [0.29, 0.717) is 13.2 Å². The van der Waals surface area contributed by atoms with Crippen LogP contribution in [-0.4, -0.2) is 33.3 Å². The van der Waals surface area contributed by atoms with Crippen molar-refractivity contribution < 1.29 is 14.3 Å². The SMILES string of the molecule is CNC(c1ccccc1C)C1(C(=O)OC)COC1. The Kier molecular flexibility index (Phi) is 3.68. The fraction of sp³-hybridized carbons (Fsp3) is 0.500. The summed E-state index contributed by atoms with van der Waals surface area (Å²) < 4.78 is 10.2. The van der Waals surface area contributed by atoms with E-state index in [-0.39, 0.29) is 12.0 Å². The van der Waals surface area contributed by atoms with Crippen molar-refractivity contribution in [1.82, 2.24) is 5.32 Å². The molecule has 1 fully saturated rings.